The Labute approximate surface area is 161 Å². The lowest BCUT2D eigenvalue weighted by Gasteiger charge is -2.32. The van der Waals surface area contributed by atoms with Gasteiger partial charge < -0.3 is 0 Å². The Morgan fingerprint density at radius 3 is 2.04 bits per heavy atom. The Morgan fingerprint density at radius 1 is 0.929 bits per heavy atom. The van der Waals surface area contributed by atoms with Gasteiger partial charge in [0.25, 0.3) is 5.69 Å². The first-order chi connectivity index (χ1) is 13.3. The van der Waals surface area contributed by atoms with Crippen molar-refractivity contribution < 1.29 is 22.9 Å². The van der Waals surface area contributed by atoms with Gasteiger partial charge in [0.1, 0.15) is 0 Å². The number of benzene rings is 2. The van der Waals surface area contributed by atoms with Crippen LogP contribution in [0.1, 0.15) is 5.56 Å². The van der Waals surface area contributed by atoms with Crippen molar-refractivity contribution in [2.24, 2.45) is 0 Å². The predicted molar refractivity (Wildman–Crippen MR) is 98.7 cm³/mol. The topological polar surface area (TPSA) is 118 Å². The highest BCUT2D eigenvalue weighted by atomic mass is 32.2. The molecule has 10 heteroatoms. The summed E-state index contributed by atoms with van der Waals surface area (Å²) in [6, 6.07) is 13.6. The Balaban J connectivity index is 1.71. The zero-order valence-electron chi connectivity index (χ0n) is 14.7. The van der Waals surface area contributed by atoms with Crippen molar-refractivity contribution in [1.82, 2.24) is 9.21 Å². The molecule has 1 saturated heterocycles. The van der Waals surface area contributed by atoms with Gasteiger partial charge in [0.15, 0.2) is 0 Å². The molecule has 0 N–H and O–H groups in total. The first kappa shape index (κ1) is 19.6. The first-order valence-electron chi connectivity index (χ1n) is 8.41. The van der Waals surface area contributed by atoms with Gasteiger partial charge in [-0.3, -0.25) is 24.6 Å². The molecule has 0 spiro atoms. The number of nitro groups is 1. The van der Waals surface area contributed by atoms with Gasteiger partial charge in [-0.05, 0) is 24.1 Å². The highest BCUT2D eigenvalue weighted by Crippen LogP contribution is 2.21. The molecule has 2 amide bonds. The second kappa shape index (κ2) is 7.87. The molecule has 1 aliphatic heterocycles. The number of carbonyl (C=O) groups excluding carboxylic acids is 2. The second-order valence-corrected chi connectivity index (χ2v) is 8.14. The molecule has 2 aromatic carbocycles. The van der Waals surface area contributed by atoms with E-state index in [0.29, 0.717) is 6.42 Å². The molecule has 0 atom stereocenters. The summed E-state index contributed by atoms with van der Waals surface area (Å²) >= 11 is 0. The molecule has 1 heterocycles. The maximum atomic E-state index is 12.7. The summed E-state index contributed by atoms with van der Waals surface area (Å²) in [5.41, 5.74) is 0.709. The molecular formula is C18H17N3O6S. The van der Waals surface area contributed by atoms with Gasteiger partial charge in [0.2, 0.25) is 21.8 Å². The molecule has 9 nitrogen and oxygen atoms in total. The lowest BCUT2D eigenvalue weighted by Crippen LogP contribution is -2.55. The van der Waals surface area contributed by atoms with Gasteiger partial charge in [-0.1, -0.05) is 30.3 Å². The molecule has 1 aliphatic rings. The molecule has 0 unspecified atom stereocenters. The van der Waals surface area contributed by atoms with E-state index < -0.39 is 39.9 Å². The lowest BCUT2D eigenvalue weighted by atomic mass is 10.1. The average Bonchev–Trinajstić information content (AvgIpc) is 2.68. The van der Waals surface area contributed by atoms with Crippen LogP contribution in [0.2, 0.25) is 0 Å². The first-order valence-corrected chi connectivity index (χ1v) is 9.85. The van der Waals surface area contributed by atoms with E-state index in [2.05, 4.69) is 0 Å². The predicted octanol–water partition coefficient (Wildman–Crippen LogP) is 1.20. The monoisotopic (exact) mass is 403 g/mol. The maximum Gasteiger partial charge on any atom is 0.269 e. The molecule has 1 fully saturated rings. The van der Waals surface area contributed by atoms with Crippen molar-refractivity contribution in [1.29, 1.82) is 0 Å². The number of amides is 2. The van der Waals surface area contributed by atoms with Crippen LogP contribution in [0.3, 0.4) is 0 Å². The third-order valence-electron chi connectivity index (χ3n) is 4.38. The minimum absolute atomic E-state index is 0.174. The largest absolute Gasteiger partial charge is 0.280 e. The van der Waals surface area contributed by atoms with E-state index in [0.717, 1.165) is 39.0 Å². The van der Waals surface area contributed by atoms with E-state index in [1.807, 2.05) is 30.3 Å². The number of hydrogen-bond donors (Lipinski definition) is 0. The molecule has 0 bridgehead atoms. The highest BCUT2D eigenvalue weighted by molar-refractivity contribution is 7.89. The quantitative estimate of drug-likeness (QED) is 0.406. The molecule has 0 aromatic heterocycles. The molecule has 3 rings (SSSR count). The van der Waals surface area contributed by atoms with Crippen LogP contribution in [0.5, 0.6) is 0 Å². The number of nitrogens with zero attached hydrogens (tertiary/aromatic N) is 3. The third-order valence-corrected chi connectivity index (χ3v) is 6.18. The van der Waals surface area contributed by atoms with Crippen LogP contribution < -0.4 is 0 Å². The van der Waals surface area contributed by atoms with Gasteiger partial charge in [-0.2, -0.15) is 4.31 Å². The van der Waals surface area contributed by atoms with Gasteiger partial charge >= 0.3 is 0 Å². The number of nitro benzene ring substituents is 1. The van der Waals surface area contributed by atoms with Crippen LogP contribution in [0.15, 0.2) is 59.5 Å². The summed E-state index contributed by atoms with van der Waals surface area (Å²) in [6.45, 7) is -0.743. The molecule has 2 aromatic rings. The van der Waals surface area contributed by atoms with Crippen molar-refractivity contribution in [3.8, 4) is 0 Å². The standard InChI is InChI=1S/C18H17N3O6S/c22-17-12-19(28(26,27)16-8-6-15(7-9-16)21(24)25)13-18(23)20(17)11-10-14-4-2-1-3-5-14/h1-9H,10-13H2. The second-order valence-electron chi connectivity index (χ2n) is 6.20. The zero-order chi connectivity index (χ0) is 20.3. The van der Waals surface area contributed by atoms with Crippen LogP contribution >= 0.6 is 0 Å². The fourth-order valence-electron chi connectivity index (χ4n) is 2.86. The average molecular weight is 403 g/mol. The summed E-state index contributed by atoms with van der Waals surface area (Å²) in [4.78, 5) is 35.6. The summed E-state index contributed by atoms with van der Waals surface area (Å²) in [5, 5.41) is 10.7. The van der Waals surface area contributed by atoms with E-state index in [1.165, 1.54) is 0 Å². The zero-order valence-corrected chi connectivity index (χ0v) is 15.5. The summed E-state index contributed by atoms with van der Waals surface area (Å²) in [5.74, 6) is -1.20. The van der Waals surface area contributed by atoms with Crippen LogP contribution in [-0.2, 0) is 26.0 Å². The fourth-order valence-corrected chi connectivity index (χ4v) is 4.20. The summed E-state index contributed by atoms with van der Waals surface area (Å²) in [7, 11) is -4.12. The van der Waals surface area contributed by atoms with Crippen LogP contribution in [0.4, 0.5) is 5.69 Å². The normalized spacial score (nSPS) is 15.6. The summed E-state index contributed by atoms with van der Waals surface area (Å²) < 4.78 is 26.1. The number of rotatable bonds is 6. The van der Waals surface area contributed by atoms with Crippen LogP contribution in [0.25, 0.3) is 0 Å². The molecule has 0 radical (unpaired) electrons. The van der Waals surface area contributed by atoms with Gasteiger partial charge in [-0.25, -0.2) is 8.42 Å². The van der Waals surface area contributed by atoms with E-state index in [1.54, 1.807) is 0 Å². The Bertz CT molecular complexity index is 987. The van der Waals surface area contributed by atoms with E-state index in [9.17, 15) is 28.1 Å². The van der Waals surface area contributed by atoms with E-state index in [-0.39, 0.29) is 17.1 Å². The van der Waals surface area contributed by atoms with Crippen molar-refractivity contribution in [3.05, 3.63) is 70.3 Å². The minimum Gasteiger partial charge on any atom is -0.280 e. The number of non-ortho nitro benzene ring substituents is 1. The van der Waals surface area contributed by atoms with E-state index >= 15 is 0 Å². The van der Waals surface area contributed by atoms with Crippen molar-refractivity contribution in [3.63, 3.8) is 0 Å². The molecule has 146 valence electrons. The SMILES string of the molecule is O=C1CN(S(=O)(=O)c2ccc([N+](=O)[O-])cc2)CC(=O)N1CCc1ccccc1. The molecule has 28 heavy (non-hydrogen) atoms. The van der Waals surface area contributed by atoms with E-state index in [4.69, 9.17) is 0 Å². The van der Waals surface area contributed by atoms with Crippen molar-refractivity contribution >= 4 is 27.5 Å². The number of sulfonamides is 1. The van der Waals surface area contributed by atoms with Gasteiger partial charge in [0.05, 0.1) is 22.9 Å². The Hall–Kier alpha value is -3.11. The Kier molecular flexibility index (Phi) is 5.52. The van der Waals surface area contributed by atoms with Gasteiger partial charge in [0, 0.05) is 18.7 Å². The minimum atomic E-state index is -4.12. The maximum absolute atomic E-state index is 12.7. The van der Waals surface area contributed by atoms with Crippen molar-refractivity contribution in [2.75, 3.05) is 19.6 Å². The fraction of sp³-hybridized carbons (Fsp3) is 0.222. The molecule has 0 saturated carbocycles. The third kappa shape index (κ3) is 4.07. The number of carbonyl (C=O) groups is 2. The Morgan fingerprint density at radius 2 is 1.50 bits per heavy atom. The number of hydrogen-bond acceptors (Lipinski definition) is 6. The van der Waals surface area contributed by atoms with Gasteiger partial charge in [-0.15, -0.1) is 0 Å². The van der Waals surface area contributed by atoms with Crippen LogP contribution in [-0.4, -0.2) is 54.0 Å². The smallest absolute Gasteiger partial charge is 0.269 e. The molecular weight excluding hydrogens is 386 g/mol. The molecule has 0 aliphatic carbocycles. The number of imide groups is 1. The summed E-state index contributed by atoms with van der Waals surface area (Å²) in [6.07, 6.45) is 0.480. The number of piperazine rings is 1. The lowest BCUT2D eigenvalue weighted by molar-refractivity contribution is -0.384. The van der Waals surface area contributed by atoms with Crippen LogP contribution in [0, 0.1) is 10.1 Å². The van der Waals surface area contributed by atoms with Crippen molar-refractivity contribution in [2.45, 2.75) is 11.3 Å². The highest BCUT2D eigenvalue weighted by Gasteiger charge is 2.37.